The topological polar surface area (TPSA) is 75.7 Å². The zero-order valence-corrected chi connectivity index (χ0v) is 20.1. The van der Waals surface area contributed by atoms with E-state index in [2.05, 4.69) is 17.4 Å². The maximum absolute atomic E-state index is 13.5. The first kappa shape index (κ1) is 24.0. The van der Waals surface area contributed by atoms with E-state index in [4.69, 9.17) is 4.74 Å². The molecule has 3 aromatic rings. The van der Waals surface area contributed by atoms with Gasteiger partial charge >= 0.3 is 0 Å². The van der Waals surface area contributed by atoms with Crippen molar-refractivity contribution in [3.63, 3.8) is 0 Å². The van der Waals surface area contributed by atoms with Gasteiger partial charge in [0.25, 0.3) is 10.0 Å². The fourth-order valence-electron chi connectivity index (χ4n) is 4.32. The normalized spacial score (nSPS) is 15.4. The van der Waals surface area contributed by atoms with Gasteiger partial charge in [0, 0.05) is 25.2 Å². The molecule has 0 unspecified atom stereocenters. The van der Waals surface area contributed by atoms with Crippen LogP contribution in [0, 0.1) is 6.92 Å². The Bertz CT molecular complexity index is 1190. The number of amides is 1. The average molecular weight is 479 g/mol. The smallest absolute Gasteiger partial charge is 0.264 e. The number of nitrogens with one attached hydrogen (secondary N) is 1. The van der Waals surface area contributed by atoms with Crippen molar-refractivity contribution in [3.05, 3.63) is 96.1 Å². The van der Waals surface area contributed by atoms with Crippen LogP contribution in [0.4, 0.5) is 5.69 Å². The van der Waals surface area contributed by atoms with Gasteiger partial charge in [-0.3, -0.25) is 9.10 Å². The molecule has 1 fully saturated rings. The Morgan fingerprint density at radius 3 is 2.12 bits per heavy atom. The molecule has 0 bridgehead atoms. The summed E-state index contributed by atoms with van der Waals surface area (Å²) in [6.45, 7) is 3.31. The van der Waals surface area contributed by atoms with Crippen molar-refractivity contribution >= 4 is 21.6 Å². The Morgan fingerprint density at radius 2 is 1.50 bits per heavy atom. The second-order valence-electron chi connectivity index (χ2n) is 8.70. The van der Waals surface area contributed by atoms with Gasteiger partial charge in [0.15, 0.2) is 0 Å². The van der Waals surface area contributed by atoms with E-state index in [-0.39, 0.29) is 22.8 Å². The molecule has 6 nitrogen and oxygen atoms in total. The molecule has 1 heterocycles. The summed E-state index contributed by atoms with van der Waals surface area (Å²) in [5.41, 5.74) is 2.39. The number of benzene rings is 3. The molecule has 1 aliphatic heterocycles. The summed E-state index contributed by atoms with van der Waals surface area (Å²) in [4.78, 5) is 13.3. The number of anilines is 1. The summed E-state index contributed by atoms with van der Waals surface area (Å²) in [6.07, 6.45) is 1.59. The predicted molar refractivity (Wildman–Crippen MR) is 133 cm³/mol. The maximum atomic E-state index is 13.5. The summed E-state index contributed by atoms with van der Waals surface area (Å²) in [5, 5.41) is 3.03. The number of sulfonamides is 1. The molecule has 3 aromatic carbocycles. The van der Waals surface area contributed by atoms with Gasteiger partial charge in [-0.05, 0) is 49.6 Å². The van der Waals surface area contributed by atoms with Crippen molar-refractivity contribution in [1.82, 2.24) is 5.32 Å². The highest BCUT2D eigenvalue weighted by atomic mass is 32.2. The molecule has 0 spiro atoms. The minimum Gasteiger partial charge on any atom is -0.381 e. The van der Waals surface area contributed by atoms with E-state index in [1.165, 1.54) is 4.31 Å². The third-order valence-corrected chi connectivity index (χ3v) is 8.19. The van der Waals surface area contributed by atoms with Crippen LogP contribution < -0.4 is 9.62 Å². The van der Waals surface area contributed by atoms with E-state index in [1.807, 2.05) is 37.3 Å². The van der Waals surface area contributed by atoms with Crippen LogP contribution >= 0.6 is 0 Å². The molecule has 1 saturated heterocycles. The molecule has 0 saturated carbocycles. The van der Waals surface area contributed by atoms with Gasteiger partial charge in [0.1, 0.15) is 6.54 Å². The highest BCUT2D eigenvalue weighted by Crippen LogP contribution is 2.34. The predicted octanol–water partition coefficient (Wildman–Crippen LogP) is 4.05. The highest BCUT2D eigenvalue weighted by Gasteiger charge is 2.35. The molecule has 0 aromatic heterocycles. The van der Waals surface area contributed by atoms with Crippen LogP contribution in [0.2, 0.25) is 0 Å². The number of carbonyl (C=O) groups excluding carboxylic acids is 1. The van der Waals surface area contributed by atoms with Gasteiger partial charge in [-0.1, -0.05) is 66.2 Å². The van der Waals surface area contributed by atoms with Crippen LogP contribution in [0.5, 0.6) is 0 Å². The van der Waals surface area contributed by atoms with Gasteiger partial charge in [0.2, 0.25) is 5.91 Å². The minimum absolute atomic E-state index is 0.147. The Balaban J connectivity index is 1.56. The molecular weight excluding hydrogens is 448 g/mol. The van der Waals surface area contributed by atoms with Crippen LogP contribution in [0.1, 0.15) is 24.0 Å². The van der Waals surface area contributed by atoms with E-state index in [0.717, 1.165) is 24.0 Å². The summed E-state index contributed by atoms with van der Waals surface area (Å²) < 4.78 is 33.7. The van der Waals surface area contributed by atoms with Gasteiger partial charge in [-0.25, -0.2) is 8.42 Å². The number of hydrogen-bond acceptors (Lipinski definition) is 4. The van der Waals surface area contributed by atoms with E-state index >= 15 is 0 Å². The maximum Gasteiger partial charge on any atom is 0.264 e. The number of carbonyl (C=O) groups is 1. The second kappa shape index (κ2) is 10.4. The molecule has 7 heteroatoms. The van der Waals surface area contributed by atoms with Crippen molar-refractivity contribution in [1.29, 1.82) is 0 Å². The molecular formula is C27H30N2O4S. The monoisotopic (exact) mass is 478 g/mol. The van der Waals surface area contributed by atoms with Gasteiger partial charge in [-0.2, -0.15) is 0 Å². The number of rotatable bonds is 8. The Hall–Kier alpha value is -3.16. The van der Waals surface area contributed by atoms with Crippen LogP contribution in [0.3, 0.4) is 0 Å². The Kier molecular flexibility index (Phi) is 7.34. The highest BCUT2D eigenvalue weighted by molar-refractivity contribution is 7.92. The molecule has 0 radical (unpaired) electrons. The van der Waals surface area contributed by atoms with E-state index in [0.29, 0.717) is 25.4 Å². The van der Waals surface area contributed by atoms with Crippen molar-refractivity contribution in [3.8, 4) is 0 Å². The zero-order valence-electron chi connectivity index (χ0n) is 19.3. The lowest BCUT2D eigenvalue weighted by Crippen LogP contribution is -2.48. The first-order valence-corrected chi connectivity index (χ1v) is 12.9. The van der Waals surface area contributed by atoms with E-state index in [1.54, 1.807) is 42.5 Å². The number of ether oxygens (including phenoxy) is 1. The third-order valence-electron chi connectivity index (χ3n) is 6.40. The molecule has 0 aliphatic carbocycles. The Labute approximate surface area is 201 Å². The summed E-state index contributed by atoms with van der Waals surface area (Å²) in [5.74, 6) is -0.345. The van der Waals surface area contributed by atoms with Crippen LogP contribution in [0.15, 0.2) is 89.8 Å². The summed E-state index contributed by atoms with van der Waals surface area (Å²) in [6, 6.07) is 25.5. The molecule has 178 valence electrons. The van der Waals surface area contributed by atoms with Crippen molar-refractivity contribution in [2.75, 3.05) is 30.6 Å². The lowest BCUT2D eigenvalue weighted by Gasteiger charge is -2.38. The number of hydrogen-bond donors (Lipinski definition) is 1. The number of aryl methyl sites for hydroxylation is 1. The van der Waals surface area contributed by atoms with E-state index < -0.39 is 10.0 Å². The van der Waals surface area contributed by atoms with Gasteiger partial charge in [0.05, 0.1) is 10.6 Å². The molecule has 1 amide bonds. The van der Waals surface area contributed by atoms with Crippen LogP contribution in [0.25, 0.3) is 0 Å². The molecule has 4 rings (SSSR count). The van der Waals surface area contributed by atoms with E-state index in [9.17, 15) is 13.2 Å². The third kappa shape index (κ3) is 5.32. The lowest BCUT2D eigenvalue weighted by atomic mass is 9.74. The molecule has 0 atom stereocenters. The first-order chi connectivity index (χ1) is 16.4. The Morgan fingerprint density at radius 1 is 0.912 bits per heavy atom. The minimum atomic E-state index is -3.92. The van der Waals surface area contributed by atoms with Crippen molar-refractivity contribution < 1.29 is 17.9 Å². The lowest BCUT2D eigenvalue weighted by molar-refractivity contribution is -0.120. The zero-order chi connectivity index (χ0) is 24.0. The fraction of sp³-hybridized carbons (Fsp3) is 0.296. The quantitative estimate of drug-likeness (QED) is 0.530. The summed E-state index contributed by atoms with van der Waals surface area (Å²) >= 11 is 0. The molecule has 1 N–H and O–H groups in total. The molecule has 1 aliphatic rings. The van der Waals surface area contributed by atoms with Crippen LogP contribution in [-0.2, 0) is 25.0 Å². The fourth-order valence-corrected chi connectivity index (χ4v) is 5.76. The van der Waals surface area contributed by atoms with Gasteiger partial charge in [-0.15, -0.1) is 0 Å². The molecule has 34 heavy (non-hydrogen) atoms. The average Bonchev–Trinajstić information content (AvgIpc) is 2.88. The van der Waals surface area contributed by atoms with Crippen LogP contribution in [-0.4, -0.2) is 40.6 Å². The van der Waals surface area contributed by atoms with Gasteiger partial charge < -0.3 is 10.1 Å². The largest absolute Gasteiger partial charge is 0.381 e. The first-order valence-electron chi connectivity index (χ1n) is 11.5. The summed E-state index contributed by atoms with van der Waals surface area (Å²) in [7, 11) is -3.92. The van der Waals surface area contributed by atoms with Crippen molar-refractivity contribution in [2.45, 2.75) is 30.1 Å². The standard InChI is InChI=1S/C27H30N2O4S/c1-22-12-14-24(15-13-22)29(34(31,32)25-10-6-3-7-11-25)20-26(30)28-21-27(16-18-33-19-17-27)23-8-4-2-5-9-23/h2-15H,16-21H2,1H3,(H,28,30). The SMILES string of the molecule is Cc1ccc(N(CC(=O)NCC2(c3ccccc3)CCOCC2)S(=O)(=O)c2ccccc2)cc1. The van der Waals surface area contributed by atoms with Crippen molar-refractivity contribution in [2.24, 2.45) is 0 Å². The number of nitrogens with zero attached hydrogens (tertiary/aromatic N) is 1. The second-order valence-corrected chi connectivity index (χ2v) is 10.6.